The normalized spacial score (nSPS) is 11.3. The molecule has 0 N–H and O–H groups in total. The van der Waals surface area contributed by atoms with Gasteiger partial charge in [-0.3, -0.25) is 4.79 Å². The number of halogens is 4. The van der Waals surface area contributed by atoms with Crippen LogP contribution in [0.15, 0.2) is 30.3 Å². The summed E-state index contributed by atoms with van der Waals surface area (Å²) in [6.07, 6.45) is -3.40. The molecule has 0 saturated heterocycles. The molecule has 0 bridgehead atoms. The number of likely N-dealkylation sites (N-methyl/N-ethyl adjacent to an activating group) is 1. The molecule has 26 heavy (non-hydrogen) atoms. The monoisotopic (exact) mass is 369 g/mol. The van der Waals surface area contributed by atoms with Crippen LogP contribution in [-0.4, -0.2) is 24.9 Å². The van der Waals surface area contributed by atoms with Crippen molar-refractivity contribution in [3.8, 4) is 11.5 Å². The summed E-state index contributed by atoms with van der Waals surface area (Å²) >= 11 is 0. The molecule has 140 valence electrons. The van der Waals surface area contributed by atoms with Gasteiger partial charge in [-0.25, -0.2) is 4.39 Å². The van der Waals surface area contributed by atoms with E-state index in [1.54, 1.807) is 20.0 Å². The van der Waals surface area contributed by atoms with Crippen molar-refractivity contribution in [3.63, 3.8) is 0 Å². The number of ether oxygens (including phenoxy) is 1. The van der Waals surface area contributed by atoms with Crippen molar-refractivity contribution in [2.24, 2.45) is 0 Å². The fourth-order valence-electron chi connectivity index (χ4n) is 2.49. The first-order valence-corrected chi connectivity index (χ1v) is 7.92. The molecule has 2 aromatic rings. The van der Waals surface area contributed by atoms with E-state index in [1.165, 1.54) is 4.90 Å². The Morgan fingerprint density at radius 2 is 1.81 bits per heavy atom. The molecule has 0 unspecified atom stereocenters. The zero-order valence-electron chi connectivity index (χ0n) is 14.7. The maximum Gasteiger partial charge on any atom is 0.419 e. The van der Waals surface area contributed by atoms with Gasteiger partial charge < -0.3 is 9.64 Å². The van der Waals surface area contributed by atoms with Crippen LogP contribution in [0.3, 0.4) is 0 Å². The van der Waals surface area contributed by atoms with Crippen LogP contribution in [0.1, 0.15) is 22.3 Å². The first-order chi connectivity index (χ1) is 12.1. The maximum atomic E-state index is 13.4. The van der Waals surface area contributed by atoms with Crippen LogP contribution in [0.25, 0.3) is 0 Å². The van der Waals surface area contributed by atoms with Crippen molar-refractivity contribution in [1.82, 2.24) is 4.90 Å². The number of benzene rings is 2. The van der Waals surface area contributed by atoms with E-state index in [4.69, 9.17) is 4.74 Å². The SMILES string of the molecule is Cc1cc(Oc2ccc(F)c(C(F)(F)F)c2)c(C)cc1CCN(C)C=O. The fraction of sp³-hybridized carbons (Fsp3) is 0.316. The first kappa shape index (κ1) is 19.8. The molecule has 0 spiro atoms. The molecule has 0 aliphatic rings. The summed E-state index contributed by atoms with van der Waals surface area (Å²) in [5, 5.41) is 0. The van der Waals surface area contributed by atoms with Crippen LogP contribution in [0.5, 0.6) is 11.5 Å². The molecule has 0 fully saturated rings. The number of carbonyl (C=O) groups is 1. The summed E-state index contributed by atoms with van der Waals surface area (Å²) in [5.41, 5.74) is 1.27. The van der Waals surface area contributed by atoms with Crippen LogP contribution in [0, 0.1) is 19.7 Å². The van der Waals surface area contributed by atoms with Gasteiger partial charge in [0.15, 0.2) is 0 Å². The summed E-state index contributed by atoms with van der Waals surface area (Å²) in [6, 6.07) is 6.15. The molecular formula is C19H19F4NO2. The Balaban J connectivity index is 2.25. The van der Waals surface area contributed by atoms with Crippen molar-refractivity contribution in [1.29, 1.82) is 0 Å². The third-order valence-electron chi connectivity index (χ3n) is 4.02. The van der Waals surface area contributed by atoms with Crippen molar-refractivity contribution < 1.29 is 27.1 Å². The van der Waals surface area contributed by atoms with Crippen LogP contribution < -0.4 is 4.74 Å². The van der Waals surface area contributed by atoms with E-state index >= 15 is 0 Å². The zero-order valence-corrected chi connectivity index (χ0v) is 14.7. The molecule has 7 heteroatoms. The van der Waals surface area contributed by atoms with E-state index in [0.29, 0.717) is 24.8 Å². The third kappa shape index (κ3) is 4.74. The lowest BCUT2D eigenvalue weighted by Gasteiger charge is -2.16. The minimum absolute atomic E-state index is 0.0883. The van der Waals surface area contributed by atoms with Gasteiger partial charge >= 0.3 is 6.18 Å². The Bertz CT molecular complexity index is 803. The van der Waals surface area contributed by atoms with E-state index in [0.717, 1.165) is 35.2 Å². The topological polar surface area (TPSA) is 29.5 Å². The Morgan fingerprint density at radius 1 is 1.12 bits per heavy atom. The molecule has 0 saturated carbocycles. The number of hydrogen-bond acceptors (Lipinski definition) is 2. The second kappa shape index (κ2) is 7.76. The first-order valence-electron chi connectivity index (χ1n) is 7.92. The van der Waals surface area contributed by atoms with Crippen molar-refractivity contribution in [2.45, 2.75) is 26.4 Å². The van der Waals surface area contributed by atoms with Gasteiger partial charge in [-0.15, -0.1) is 0 Å². The van der Waals surface area contributed by atoms with E-state index in [9.17, 15) is 22.4 Å². The van der Waals surface area contributed by atoms with Gasteiger partial charge in [-0.05, 0) is 61.2 Å². The average molecular weight is 369 g/mol. The summed E-state index contributed by atoms with van der Waals surface area (Å²) < 4.78 is 57.4. The van der Waals surface area contributed by atoms with Gasteiger partial charge in [-0.2, -0.15) is 13.2 Å². The number of rotatable bonds is 6. The molecule has 0 aliphatic heterocycles. The molecule has 0 atom stereocenters. The zero-order chi connectivity index (χ0) is 19.5. The number of alkyl halides is 3. The molecule has 0 aromatic heterocycles. The number of nitrogens with zero attached hydrogens (tertiary/aromatic N) is 1. The molecule has 3 nitrogen and oxygen atoms in total. The fourth-order valence-corrected chi connectivity index (χ4v) is 2.49. The Morgan fingerprint density at radius 3 is 2.42 bits per heavy atom. The van der Waals surface area contributed by atoms with Crippen molar-refractivity contribution in [3.05, 3.63) is 58.4 Å². The lowest BCUT2D eigenvalue weighted by Crippen LogP contribution is -2.19. The second-order valence-electron chi connectivity index (χ2n) is 6.12. The van der Waals surface area contributed by atoms with Crippen LogP contribution in [-0.2, 0) is 17.4 Å². The standard InChI is InChI=1S/C19H19F4NO2/c1-12-9-18(13(2)8-14(12)6-7-24(3)11-25)26-15-4-5-17(20)16(10-15)19(21,22)23/h4-5,8-11H,6-7H2,1-3H3. The van der Waals surface area contributed by atoms with Gasteiger partial charge in [0.2, 0.25) is 6.41 Å². The van der Waals surface area contributed by atoms with Crippen LogP contribution in [0.2, 0.25) is 0 Å². The van der Waals surface area contributed by atoms with Crippen molar-refractivity contribution >= 4 is 6.41 Å². The summed E-state index contributed by atoms with van der Waals surface area (Å²) in [4.78, 5) is 12.2. The summed E-state index contributed by atoms with van der Waals surface area (Å²) in [5.74, 6) is -1.03. The van der Waals surface area contributed by atoms with Crippen LogP contribution >= 0.6 is 0 Å². The lowest BCUT2D eigenvalue weighted by atomic mass is 10.0. The largest absolute Gasteiger partial charge is 0.457 e. The number of carbonyl (C=O) groups excluding carboxylic acids is 1. The molecule has 1 amide bonds. The summed E-state index contributed by atoms with van der Waals surface area (Å²) in [7, 11) is 1.68. The van der Waals surface area contributed by atoms with E-state index in [2.05, 4.69) is 0 Å². The molecule has 2 rings (SSSR count). The van der Waals surface area contributed by atoms with Gasteiger partial charge in [-0.1, -0.05) is 6.07 Å². The highest BCUT2D eigenvalue weighted by Gasteiger charge is 2.34. The quantitative estimate of drug-likeness (QED) is 0.536. The van der Waals surface area contributed by atoms with Gasteiger partial charge in [0, 0.05) is 13.6 Å². The number of aryl methyl sites for hydroxylation is 2. The highest BCUT2D eigenvalue weighted by atomic mass is 19.4. The van der Waals surface area contributed by atoms with E-state index < -0.39 is 17.6 Å². The maximum absolute atomic E-state index is 13.4. The van der Waals surface area contributed by atoms with Crippen molar-refractivity contribution in [2.75, 3.05) is 13.6 Å². The van der Waals surface area contributed by atoms with Gasteiger partial charge in [0.25, 0.3) is 0 Å². The average Bonchev–Trinajstić information content (AvgIpc) is 2.56. The molecular weight excluding hydrogens is 350 g/mol. The Kier molecular flexibility index (Phi) is 5.90. The van der Waals surface area contributed by atoms with E-state index in [1.807, 2.05) is 13.0 Å². The number of amides is 1. The highest BCUT2D eigenvalue weighted by molar-refractivity contribution is 5.47. The number of hydrogen-bond donors (Lipinski definition) is 0. The molecule has 0 radical (unpaired) electrons. The summed E-state index contributed by atoms with van der Waals surface area (Å²) in [6.45, 7) is 4.18. The highest BCUT2D eigenvalue weighted by Crippen LogP contribution is 2.35. The predicted molar refractivity (Wildman–Crippen MR) is 89.8 cm³/mol. The third-order valence-corrected chi connectivity index (χ3v) is 4.02. The minimum Gasteiger partial charge on any atom is -0.457 e. The smallest absolute Gasteiger partial charge is 0.419 e. The lowest BCUT2D eigenvalue weighted by molar-refractivity contribution is -0.140. The molecule has 0 heterocycles. The Hall–Kier alpha value is -2.57. The molecule has 2 aromatic carbocycles. The second-order valence-corrected chi connectivity index (χ2v) is 6.12. The van der Waals surface area contributed by atoms with Gasteiger partial charge in [0.1, 0.15) is 17.3 Å². The molecule has 0 aliphatic carbocycles. The van der Waals surface area contributed by atoms with Gasteiger partial charge in [0.05, 0.1) is 5.56 Å². The Labute approximate surface area is 149 Å². The van der Waals surface area contributed by atoms with Crippen LogP contribution in [0.4, 0.5) is 17.6 Å². The predicted octanol–water partition coefficient (Wildman–Crippen LogP) is 4.88. The van der Waals surface area contributed by atoms with E-state index in [-0.39, 0.29) is 5.75 Å². The minimum atomic E-state index is -4.79.